The molecule has 1 aromatic rings. The SMILES string of the molecule is CC(N)c1cc(Br)ccc1N(CCO)CC(F)F. The first-order valence-corrected chi connectivity index (χ1v) is 6.44. The molecule has 0 saturated heterocycles. The highest BCUT2D eigenvalue weighted by atomic mass is 79.9. The number of aliphatic hydroxyl groups is 1. The maximum absolute atomic E-state index is 12.5. The third kappa shape index (κ3) is 4.19. The van der Waals surface area contributed by atoms with E-state index in [0.29, 0.717) is 5.69 Å². The molecule has 0 amide bonds. The molecule has 1 aromatic carbocycles. The third-order valence-corrected chi connectivity index (χ3v) is 3.04. The molecule has 102 valence electrons. The molecule has 0 spiro atoms. The van der Waals surface area contributed by atoms with Crippen LogP contribution in [0.5, 0.6) is 0 Å². The van der Waals surface area contributed by atoms with Crippen LogP contribution in [0.25, 0.3) is 0 Å². The molecule has 3 N–H and O–H groups in total. The number of aliphatic hydroxyl groups excluding tert-OH is 1. The van der Waals surface area contributed by atoms with Gasteiger partial charge in [0.1, 0.15) is 0 Å². The van der Waals surface area contributed by atoms with Crippen molar-refractivity contribution in [1.29, 1.82) is 0 Å². The molecule has 0 aliphatic heterocycles. The minimum Gasteiger partial charge on any atom is -0.395 e. The summed E-state index contributed by atoms with van der Waals surface area (Å²) in [5.41, 5.74) is 7.27. The van der Waals surface area contributed by atoms with Gasteiger partial charge in [0.2, 0.25) is 0 Å². The lowest BCUT2D eigenvalue weighted by Crippen LogP contribution is -2.33. The van der Waals surface area contributed by atoms with Gasteiger partial charge in [0.15, 0.2) is 0 Å². The summed E-state index contributed by atoms with van der Waals surface area (Å²) >= 11 is 3.33. The highest BCUT2D eigenvalue weighted by Gasteiger charge is 2.17. The molecule has 0 saturated carbocycles. The van der Waals surface area contributed by atoms with Gasteiger partial charge in [-0.3, -0.25) is 0 Å². The van der Waals surface area contributed by atoms with Crippen molar-refractivity contribution in [3.05, 3.63) is 28.2 Å². The Bertz CT molecular complexity index is 388. The molecule has 0 radical (unpaired) electrons. The first kappa shape index (κ1) is 15.3. The molecule has 0 bridgehead atoms. The zero-order chi connectivity index (χ0) is 13.7. The smallest absolute Gasteiger partial charge is 0.255 e. The second kappa shape index (κ2) is 7.01. The number of rotatable bonds is 6. The molecule has 0 heterocycles. The van der Waals surface area contributed by atoms with E-state index in [1.165, 1.54) is 4.90 Å². The van der Waals surface area contributed by atoms with Gasteiger partial charge in [-0.05, 0) is 30.7 Å². The zero-order valence-corrected chi connectivity index (χ0v) is 11.7. The van der Waals surface area contributed by atoms with E-state index in [4.69, 9.17) is 10.8 Å². The van der Waals surface area contributed by atoms with Crippen molar-refractivity contribution in [3.63, 3.8) is 0 Å². The predicted molar refractivity (Wildman–Crippen MR) is 72.0 cm³/mol. The normalized spacial score (nSPS) is 12.8. The van der Waals surface area contributed by atoms with E-state index < -0.39 is 13.0 Å². The summed E-state index contributed by atoms with van der Waals surface area (Å²) in [4.78, 5) is 1.45. The van der Waals surface area contributed by atoms with Crippen LogP contribution in [0.2, 0.25) is 0 Å². The van der Waals surface area contributed by atoms with Gasteiger partial charge in [-0.15, -0.1) is 0 Å². The number of nitrogens with two attached hydrogens (primary N) is 1. The van der Waals surface area contributed by atoms with Gasteiger partial charge in [0, 0.05) is 22.7 Å². The van der Waals surface area contributed by atoms with Gasteiger partial charge < -0.3 is 15.7 Å². The van der Waals surface area contributed by atoms with Crippen LogP contribution < -0.4 is 10.6 Å². The second-order valence-corrected chi connectivity index (χ2v) is 4.97. The molecule has 0 aliphatic rings. The summed E-state index contributed by atoms with van der Waals surface area (Å²) in [7, 11) is 0. The van der Waals surface area contributed by atoms with Crippen LogP contribution in [0.4, 0.5) is 14.5 Å². The minimum absolute atomic E-state index is 0.158. The van der Waals surface area contributed by atoms with Gasteiger partial charge in [-0.2, -0.15) is 0 Å². The maximum atomic E-state index is 12.5. The second-order valence-electron chi connectivity index (χ2n) is 4.05. The largest absolute Gasteiger partial charge is 0.395 e. The number of hydrogen-bond acceptors (Lipinski definition) is 3. The summed E-state index contributed by atoms with van der Waals surface area (Å²) in [6, 6.07) is 5.06. The van der Waals surface area contributed by atoms with Crippen molar-refractivity contribution < 1.29 is 13.9 Å². The van der Waals surface area contributed by atoms with Crippen LogP contribution in [0.1, 0.15) is 18.5 Å². The van der Waals surface area contributed by atoms with Crippen LogP contribution in [-0.2, 0) is 0 Å². The molecule has 18 heavy (non-hydrogen) atoms. The van der Waals surface area contributed by atoms with E-state index in [1.54, 1.807) is 19.1 Å². The van der Waals surface area contributed by atoms with Crippen molar-refractivity contribution in [3.8, 4) is 0 Å². The summed E-state index contributed by atoms with van der Waals surface area (Å²) in [6.45, 7) is 1.36. The van der Waals surface area contributed by atoms with Gasteiger partial charge in [0.25, 0.3) is 6.43 Å². The van der Waals surface area contributed by atoms with E-state index in [0.717, 1.165) is 10.0 Å². The molecule has 3 nitrogen and oxygen atoms in total. The van der Waals surface area contributed by atoms with E-state index >= 15 is 0 Å². The number of hydrogen-bond donors (Lipinski definition) is 2. The quantitative estimate of drug-likeness (QED) is 0.846. The topological polar surface area (TPSA) is 49.5 Å². The number of halogens is 3. The number of nitrogens with zero attached hydrogens (tertiary/aromatic N) is 1. The van der Waals surface area contributed by atoms with Crippen LogP contribution in [0, 0.1) is 0 Å². The van der Waals surface area contributed by atoms with E-state index in [2.05, 4.69) is 15.9 Å². The predicted octanol–water partition coefficient (Wildman–Crippen LogP) is 2.53. The monoisotopic (exact) mass is 322 g/mol. The fourth-order valence-corrected chi connectivity index (χ4v) is 2.15. The summed E-state index contributed by atoms with van der Waals surface area (Å²) < 4.78 is 25.9. The van der Waals surface area contributed by atoms with Crippen LogP contribution >= 0.6 is 15.9 Å². The molecule has 1 atom stereocenters. The van der Waals surface area contributed by atoms with E-state index in [1.807, 2.05) is 6.07 Å². The Kier molecular flexibility index (Phi) is 5.98. The van der Waals surface area contributed by atoms with Crippen molar-refractivity contribution in [1.82, 2.24) is 0 Å². The Morgan fingerprint density at radius 3 is 2.61 bits per heavy atom. The molecular formula is C12H17BrF2N2O. The average Bonchev–Trinajstić information content (AvgIpc) is 2.27. The Morgan fingerprint density at radius 1 is 1.44 bits per heavy atom. The molecule has 6 heteroatoms. The molecule has 1 unspecified atom stereocenters. The van der Waals surface area contributed by atoms with Gasteiger partial charge >= 0.3 is 0 Å². The third-order valence-electron chi connectivity index (χ3n) is 2.55. The number of alkyl halides is 2. The first-order chi connectivity index (χ1) is 8.45. The standard InChI is InChI=1S/C12H17BrF2N2O/c1-8(16)10-6-9(13)2-3-11(10)17(4-5-18)7-12(14)15/h2-3,6,8,12,18H,4-5,7,16H2,1H3. The minimum atomic E-state index is -2.46. The molecule has 0 aliphatic carbocycles. The number of benzene rings is 1. The zero-order valence-electron chi connectivity index (χ0n) is 10.1. The Labute approximate surface area is 114 Å². The van der Waals surface area contributed by atoms with Crippen molar-refractivity contribution >= 4 is 21.6 Å². The van der Waals surface area contributed by atoms with Crippen LogP contribution in [-0.4, -0.2) is 31.2 Å². The van der Waals surface area contributed by atoms with E-state index in [9.17, 15) is 8.78 Å². The molecule has 1 rings (SSSR count). The summed E-state index contributed by atoms with van der Waals surface area (Å²) in [5, 5.41) is 8.97. The lowest BCUT2D eigenvalue weighted by Gasteiger charge is -2.27. The van der Waals surface area contributed by atoms with Crippen molar-refractivity contribution in [2.24, 2.45) is 5.73 Å². The first-order valence-electron chi connectivity index (χ1n) is 5.64. The fourth-order valence-electron chi connectivity index (χ4n) is 1.78. The van der Waals surface area contributed by atoms with Gasteiger partial charge in [-0.25, -0.2) is 8.78 Å². The molecule has 0 aromatic heterocycles. The lowest BCUT2D eigenvalue weighted by molar-refractivity contribution is 0.152. The van der Waals surface area contributed by atoms with Crippen molar-refractivity contribution in [2.75, 3.05) is 24.6 Å². The Morgan fingerprint density at radius 2 is 2.11 bits per heavy atom. The molecular weight excluding hydrogens is 306 g/mol. The fraction of sp³-hybridized carbons (Fsp3) is 0.500. The maximum Gasteiger partial charge on any atom is 0.255 e. The summed E-state index contributed by atoms with van der Waals surface area (Å²) in [6.07, 6.45) is -2.46. The average molecular weight is 323 g/mol. The molecule has 0 fully saturated rings. The van der Waals surface area contributed by atoms with Crippen LogP contribution in [0.15, 0.2) is 22.7 Å². The van der Waals surface area contributed by atoms with Crippen molar-refractivity contribution in [2.45, 2.75) is 19.4 Å². The Balaban J connectivity index is 3.09. The lowest BCUT2D eigenvalue weighted by atomic mass is 10.1. The van der Waals surface area contributed by atoms with Crippen LogP contribution in [0.3, 0.4) is 0 Å². The number of anilines is 1. The van der Waals surface area contributed by atoms with Gasteiger partial charge in [0.05, 0.1) is 13.2 Å². The highest BCUT2D eigenvalue weighted by Crippen LogP contribution is 2.29. The summed E-state index contributed by atoms with van der Waals surface area (Å²) in [5.74, 6) is 0. The van der Waals surface area contributed by atoms with Gasteiger partial charge in [-0.1, -0.05) is 15.9 Å². The Hall–Kier alpha value is -0.720. The highest BCUT2D eigenvalue weighted by molar-refractivity contribution is 9.10. The van der Waals surface area contributed by atoms with E-state index in [-0.39, 0.29) is 19.2 Å².